The van der Waals surface area contributed by atoms with Gasteiger partial charge in [0.25, 0.3) is 5.91 Å². The molecule has 10 heteroatoms. The Morgan fingerprint density at radius 3 is 2.62 bits per heavy atom. The van der Waals surface area contributed by atoms with Crippen molar-refractivity contribution in [3.8, 4) is 6.07 Å². The number of nitrogens with zero attached hydrogens (tertiary/aromatic N) is 4. The summed E-state index contributed by atoms with van der Waals surface area (Å²) in [6.45, 7) is 3.47. The number of nitriles is 1. The van der Waals surface area contributed by atoms with Crippen molar-refractivity contribution >= 4 is 11.6 Å². The predicted octanol–water partition coefficient (Wildman–Crippen LogP) is 3.22. The van der Waals surface area contributed by atoms with E-state index < -0.39 is 17.3 Å². The minimum atomic E-state index is -4.61. The normalized spacial score (nSPS) is 20.6. The third-order valence-electron chi connectivity index (χ3n) is 6.72. The maximum atomic E-state index is 13.3. The van der Waals surface area contributed by atoms with E-state index in [0.29, 0.717) is 50.5 Å². The quantitative estimate of drug-likeness (QED) is 0.775. The van der Waals surface area contributed by atoms with Crippen LogP contribution in [-0.4, -0.2) is 53.9 Å². The van der Waals surface area contributed by atoms with Crippen LogP contribution < -0.4 is 4.90 Å². The molecule has 0 bridgehead atoms. The minimum absolute atomic E-state index is 0.0727. The Kier molecular flexibility index (Phi) is 5.63. The fraction of sp³-hybridized carbons (Fsp3) is 0.500. The molecule has 0 saturated carbocycles. The molecule has 1 unspecified atom stereocenters. The number of aromatic nitrogens is 1. The van der Waals surface area contributed by atoms with Crippen LogP contribution >= 0.6 is 0 Å². The summed E-state index contributed by atoms with van der Waals surface area (Å²) in [5.41, 5.74) is -1.00. The second-order valence-electron chi connectivity index (χ2n) is 8.58. The molecule has 1 amide bonds. The van der Waals surface area contributed by atoms with Crippen LogP contribution in [0.15, 0.2) is 28.8 Å². The molecule has 2 aliphatic heterocycles. The number of aryl methyl sites for hydroxylation is 1. The van der Waals surface area contributed by atoms with Crippen molar-refractivity contribution < 1.29 is 27.6 Å². The van der Waals surface area contributed by atoms with Crippen LogP contribution in [0, 0.1) is 29.6 Å². The van der Waals surface area contributed by atoms with E-state index in [9.17, 15) is 23.1 Å². The van der Waals surface area contributed by atoms with Gasteiger partial charge in [0.2, 0.25) is 0 Å². The monoisotopic (exact) mass is 448 g/mol. The number of aliphatic hydroxyl groups excluding tert-OH is 1. The number of carbonyl (C=O) groups excluding carboxylic acids is 1. The third-order valence-corrected chi connectivity index (χ3v) is 6.72. The Balaban J connectivity index is 1.50. The number of rotatable bonds is 3. The second-order valence-corrected chi connectivity index (χ2v) is 8.58. The van der Waals surface area contributed by atoms with E-state index in [4.69, 9.17) is 9.78 Å². The highest BCUT2D eigenvalue weighted by atomic mass is 19.4. The largest absolute Gasteiger partial charge is 0.417 e. The number of benzene rings is 1. The van der Waals surface area contributed by atoms with Crippen LogP contribution in [0.5, 0.6) is 0 Å². The highest BCUT2D eigenvalue weighted by Gasteiger charge is 2.49. The number of hydrogen-bond acceptors (Lipinski definition) is 6. The van der Waals surface area contributed by atoms with Gasteiger partial charge in [-0.25, -0.2) is 0 Å². The Morgan fingerprint density at radius 2 is 2.06 bits per heavy atom. The van der Waals surface area contributed by atoms with Crippen LogP contribution in [0.3, 0.4) is 0 Å². The van der Waals surface area contributed by atoms with Crippen LogP contribution in [-0.2, 0) is 6.18 Å². The topological polar surface area (TPSA) is 93.6 Å². The van der Waals surface area contributed by atoms with Gasteiger partial charge in [-0.2, -0.15) is 18.4 Å². The zero-order chi connectivity index (χ0) is 23.1. The van der Waals surface area contributed by atoms with Crippen LogP contribution in [0.1, 0.15) is 40.2 Å². The van der Waals surface area contributed by atoms with Crippen molar-refractivity contribution in [2.24, 2.45) is 11.3 Å². The summed E-state index contributed by atoms with van der Waals surface area (Å²) in [6.07, 6.45) is -3.35. The predicted molar refractivity (Wildman–Crippen MR) is 108 cm³/mol. The molecule has 0 aliphatic carbocycles. The van der Waals surface area contributed by atoms with E-state index in [-0.39, 0.29) is 29.5 Å². The lowest BCUT2D eigenvalue weighted by Crippen LogP contribution is -2.45. The van der Waals surface area contributed by atoms with Crippen LogP contribution in [0.25, 0.3) is 0 Å². The average Bonchev–Trinajstić information content (AvgIpc) is 3.36. The highest BCUT2D eigenvalue weighted by Crippen LogP contribution is 2.46. The fourth-order valence-corrected chi connectivity index (χ4v) is 4.91. The van der Waals surface area contributed by atoms with Crippen LogP contribution in [0.4, 0.5) is 18.9 Å². The van der Waals surface area contributed by atoms with Gasteiger partial charge in [-0.15, -0.1) is 0 Å². The summed E-state index contributed by atoms with van der Waals surface area (Å²) in [4.78, 5) is 16.3. The zero-order valence-corrected chi connectivity index (χ0v) is 17.5. The van der Waals surface area contributed by atoms with Gasteiger partial charge >= 0.3 is 6.18 Å². The molecule has 3 heterocycles. The average molecular weight is 448 g/mol. The molecule has 2 saturated heterocycles. The van der Waals surface area contributed by atoms with Crippen LogP contribution in [0.2, 0.25) is 0 Å². The van der Waals surface area contributed by atoms with Gasteiger partial charge in [0.1, 0.15) is 5.76 Å². The minimum Gasteiger partial charge on any atom is -0.396 e. The number of carbonyl (C=O) groups is 1. The van der Waals surface area contributed by atoms with Crippen molar-refractivity contribution in [2.45, 2.75) is 25.9 Å². The Labute approximate surface area is 183 Å². The number of amides is 1. The fourth-order valence-electron chi connectivity index (χ4n) is 4.91. The first-order chi connectivity index (χ1) is 15.2. The molecule has 1 aromatic heterocycles. The number of likely N-dealkylation sites (tertiary alicyclic amines) is 1. The lowest BCUT2D eigenvalue weighted by molar-refractivity contribution is -0.137. The summed E-state index contributed by atoms with van der Waals surface area (Å²) >= 11 is 0. The summed E-state index contributed by atoms with van der Waals surface area (Å²) in [5.74, 6) is 0.171. The lowest BCUT2D eigenvalue weighted by Gasteiger charge is -2.43. The number of aliphatic hydroxyl groups is 1. The van der Waals surface area contributed by atoms with Gasteiger partial charge in [0.05, 0.1) is 17.2 Å². The molecule has 2 aliphatic rings. The van der Waals surface area contributed by atoms with Gasteiger partial charge in [-0.1, -0.05) is 5.16 Å². The maximum absolute atomic E-state index is 13.3. The van der Waals surface area contributed by atoms with Crippen molar-refractivity contribution in [1.82, 2.24) is 10.1 Å². The standard InChI is InChI=1S/C22H23F3N4O3/c1-14-8-19(27-32-14)20(31)29-11-16(12-30)21(13-29)4-6-28(7-5-21)17-3-2-15(10-26)18(9-17)22(23,24)25/h2-3,8-9,16,30H,4-7,11-13H2,1H3. The van der Waals surface area contributed by atoms with Crippen molar-refractivity contribution in [3.63, 3.8) is 0 Å². The first-order valence-electron chi connectivity index (χ1n) is 10.4. The molecule has 7 nitrogen and oxygen atoms in total. The number of alkyl halides is 3. The van der Waals surface area contributed by atoms with Crippen molar-refractivity contribution in [3.05, 3.63) is 46.8 Å². The molecule has 1 aromatic carbocycles. The second kappa shape index (κ2) is 8.13. The summed E-state index contributed by atoms with van der Waals surface area (Å²) < 4.78 is 45.0. The van der Waals surface area contributed by atoms with Gasteiger partial charge in [-0.3, -0.25) is 4.79 Å². The Morgan fingerprint density at radius 1 is 1.34 bits per heavy atom. The van der Waals surface area contributed by atoms with E-state index >= 15 is 0 Å². The van der Waals surface area contributed by atoms with E-state index in [2.05, 4.69) is 5.16 Å². The smallest absolute Gasteiger partial charge is 0.396 e. The van der Waals surface area contributed by atoms with Gasteiger partial charge in [-0.05, 0) is 43.4 Å². The molecule has 1 N–H and O–H groups in total. The van der Waals surface area contributed by atoms with E-state index in [1.807, 2.05) is 4.90 Å². The molecule has 1 spiro atoms. The van der Waals surface area contributed by atoms with Gasteiger partial charge in [0, 0.05) is 50.5 Å². The molecule has 2 aromatic rings. The zero-order valence-electron chi connectivity index (χ0n) is 17.5. The summed E-state index contributed by atoms with van der Waals surface area (Å²) in [6, 6.07) is 6.94. The molecule has 1 atom stereocenters. The molecular weight excluding hydrogens is 425 g/mol. The first kappa shape index (κ1) is 22.1. The van der Waals surface area contributed by atoms with Gasteiger partial charge in [0.15, 0.2) is 5.69 Å². The molecule has 32 heavy (non-hydrogen) atoms. The highest BCUT2D eigenvalue weighted by molar-refractivity contribution is 5.92. The number of halogens is 3. The van der Waals surface area contributed by atoms with E-state index in [1.54, 1.807) is 24.0 Å². The number of hydrogen-bond donors (Lipinski definition) is 1. The Hall–Kier alpha value is -3.06. The summed E-state index contributed by atoms with van der Waals surface area (Å²) in [5, 5.41) is 22.8. The molecular formula is C22H23F3N4O3. The number of anilines is 1. The SMILES string of the molecule is Cc1cc(C(=O)N2CC(CO)C3(CCN(c4ccc(C#N)c(C(F)(F)F)c4)CC3)C2)no1. The van der Waals surface area contributed by atoms with E-state index in [1.165, 1.54) is 12.1 Å². The van der Waals surface area contributed by atoms with E-state index in [0.717, 1.165) is 6.07 Å². The molecule has 170 valence electrons. The first-order valence-corrected chi connectivity index (χ1v) is 10.4. The molecule has 2 fully saturated rings. The summed E-state index contributed by atoms with van der Waals surface area (Å²) in [7, 11) is 0. The van der Waals surface area contributed by atoms with Crippen molar-refractivity contribution in [2.75, 3.05) is 37.7 Å². The maximum Gasteiger partial charge on any atom is 0.417 e. The third kappa shape index (κ3) is 3.93. The number of piperidine rings is 1. The lowest BCUT2D eigenvalue weighted by atomic mass is 9.71. The molecule has 4 rings (SSSR count). The Bertz CT molecular complexity index is 1050. The van der Waals surface area contributed by atoms with Crippen molar-refractivity contribution in [1.29, 1.82) is 5.26 Å². The van der Waals surface area contributed by atoms with Gasteiger partial charge < -0.3 is 19.4 Å². The molecule has 0 radical (unpaired) electrons.